The Morgan fingerprint density at radius 1 is 1.56 bits per heavy atom. The Kier molecular flexibility index (Phi) is 5.26. The number of unbranched alkanes of at least 4 members (excludes halogenated alkanes) is 1. The molecule has 0 aromatic carbocycles. The Balaban J connectivity index is 2.47. The summed E-state index contributed by atoms with van der Waals surface area (Å²) in [7, 11) is 0. The third-order valence-electron chi connectivity index (χ3n) is 2.19. The minimum Gasteiger partial charge on any atom is -0.463 e. The molecule has 1 heterocycles. The molecule has 3 nitrogen and oxygen atoms in total. The van der Waals surface area contributed by atoms with Gasteiger partial charge in [0.15, 0.2) is 0 Å². The summed E-state index contributed by atoms with van der Waals surface area (Å²) in [4.78, 5) is 15.4. The number of aryl methyl sites for hydroxylation is 1. The fourth-order valence-electron chi connectivity index (χ4n) is 1.20. The molecule has 0 radical (unpaired) electrons. The molecule has 1 rings (SSSR count). The van der Waals surface area contributed by atoms with Crippen molar-refractivity contribution in [2.75, 3.05) is 6.61 Å². The van der Waals surface area contributed by atoms with Crippen molar-refractivity contribution in [3.05, 3.63) is 35.7 Å². The standard InChI is InChI=1S/C13H17NO2/c1-3-4-10-16-13(15)8-7-12-6-5-9-14-11(12)2/h5-9H,3-4,10H2,1-2H3/b8-7+. The van der Waals surface area contributed by atoms with Gasteiger partial charge in [-0.25, -0.2) is 4.79 Å². The average Bonchev–Trinajstić information content (AvgIpc) is 2.28. The molecule has 0 fully saturated rings. The van der Waals surface area contributed by atoms with Crippen molar-refractivity contribution in [2.24, 2.45) is 0 Å². The lowest BCUT2D eigenvalue weighted by Crippen LogP contribution is -2.01. The van der Waals surface area contributed by atoms with Crippen molar-refractivity contribution in [1.82, 2.24) is 4.98 Å². The number of carbonyl (C=O) groups excluding carboxylic acids is 1. The fourth-order valence-corrected chi connectivity index (χ4v) is 1.20. The molecule has 0 amide bonds. The number of rotatable bonds is 5. The summed E-state index contributed by atoms with van der Waals surface area (Å²) in [6.45, 7) is 4.45. The van der Waals surface area contributed by atoms with Crippen LogP contribution < -0.4 is 0 Å². The van der Waals surface area contributed by atoms with Crippen LogP contribution >= 0.6 is 0 Å². The van der Waals surface area contributed by atoms with Gasteiger partial charge in [-0.05, 0) is 31.1 Å². The first kappa shape index (κ1) is 12.4. The number of esters is 1. The second-order valence-electron chi connectivity index (χ2n) is 3.53. The van der Waals surface area contributed by atoms with Gasteiger partial charge in [0.05, 0.1) is 6.61 Å². The van der Waals surface area contributed by atoms with Gasteiger partial charge >= 0.3 is 5.97 Å². The normalized spacial score (nSPS) is 10.6. The largest absolute Gasteiger partial charge is 0.463 e. The Bertz CT molecular complexity index is 372. The molecule has 0 bridgehead atoms. The monoisotopic (exact) mass is 219 g/mol. The Morgan fingerprint density at radius 2 is 2.38 bits per heavy atom. The molecule has 1 aromatic rings. The van der Waals surface area contributed by atoms with Crippen LogP contribution in [0.3, 0.4) is 0 Å². The second kappa shape index (κ2) is 6.77. The highest BCUT2D eigenvalue weighted by atomic mass is 16.5. The van der Waals surface area contributed by atoms with E-state index < -0.39 is 0 Å². The van der Waals surface area contributed by atoms with Gasteiger partial charge in [0.25, 0.3) is 0 Å². The second-order valence-corrected chi connectivity index (χ2v) is 3.53. The number of carbonyl (C=O) groups is 1. The van der Waals surface area contributed by atoms with Crippen molar-refractivity contribution >= 4 is 12.0 Å². The van der Waals surface area contributed by atoms with Gasteiger partial charge in [-0.3, -0.25) is 4.98 Å². The number of hydrogen-bond donors (Lipinski definition) is 0. The van der Waals surface area contributed by atoms with Crippen LogP contribution in [0, 0.1) is 6.92 Å². The van der Waals surface area contributed by atoms with Crippen LogP contribution in [0.15, 0.2) is 24.4 Å². The van der Waals surface area contributed by atoms with Crippen molar-refractivity contribution in [3.63, 3.8) is 0 Å². The van der Waals surface area contributed by atoms with E-state index in [0.717, 1.165) is 24.1 Å². The van der Waals surface area contributed by atoms with E-state index in [4.69, 9.17) is 4.74 Å². The van der Waals surface area contributed by atoms with E-state index in [2.05, 4.69) is 11.9 Å². The summed E-state index contributed by atoms with van der Waals surface area (Å²) >= 11 is 0. The first-order valence-electron chi connectivity index (χ1n) is 5.50. The van der Waals surface area contributed by atoms with E-state index in [-0.39, 0.29) is 5.97 Å². The van der Waals surface area contributed by atoms with Crippen LogP contribution in [0.4, 0.5) is 0 Å². The summed E-state index contributed by atoms with van der Waals surface area (Å²) in [5.41, 5.74) is 1.84. The van der Waals surface area contributed by atoms with Gasteiger partial charge in [-0.15, -0.1) is 0 Å². The summed E-state index contributed by atoms with van der Waals surface area (Å²) < 4.78 is 5.00. The minimum atomic E-state index is -0.295. The van der Waals surface area contributed by atoms with E-state index in [1.54, 1.807) is 12.3 Å². The Hall–Kier alpha value is -1.64. The maximum absolute atomic E-state index is 11.3. The third-order valence-corrected chi connectivity index (χ3v) is 2.19. The minimum absolute atomic E-state index is 0.295. The van der Waals surface area contributed by atoms with Crippen molar-refractivity contribution in [1.29, 1.82) is 0 Å². The fraction of sp³-hybridized carbons (Fsp3) is 0.385. The number of pyridine rings is 1. The number of nitrogens with zero attached hydrogens (tertiary/aromatic N) is 1. The SMILES string of the molecule is CCCCOC(=O)/C=C/c1cccnc1C. The molecule has 0 saturated carbocycles. The number of aromatic nitrogens is 1. The molecule has 1 aromatic heterocycles. The summed E-state index contributed by atoms with van der Waals surface area (Å²) in [5, 5.41) is 0. The summed E-state index contributed by atoms with van der Waals surface area (Å²) in [5.74, 6) is -0.295. The topological polar surface area (TPSA) is 39.2 Å². The van der Waals surface area contributed by atoms with Gasteiger partial charge < -0.3 is 4.74 Å². The van der Waals surface area contributed by atoms with Crippen molar-refractivity contribution in [2.45, 2.75) is 26.7 Å². The van der Waals surface area contributed by atoms with E-state index in [1.165, 1.54) is 6.08 Å². The van der Waals surface area contributed by atoms with Gasteiger partial charge in [-0.2, -0.15) is 0 Å². The Labute approximate surface area is 96.2 Å². The van der Waals surface area contributed by atoms with Crippen molar-refractivity contribution < 1.29 is 9.53 Å². The average molecular weight is 219 g/mol. The summed E-state index contributed by atoms with van der Waals surface area (Å²) in [6, 6.07) is 3.76. The van der Waals surface area contributed by atoms with Crippen LogP contribution in [-0.2, 0) is 9.53 Å². The Morgan fingerprint density at radius 3 is 3.06 bits per heavy atom. The van der Waals surface area contributed by atoms with E-state index >= 15 is 0 Å². The third kappa shape index (κ3) is 4.26. The molecule has 0 aliphatic heterocycles. The molecule has 0 unspecified atom stereocenters. The molecule has 0 saturated heterocycles. The van der Waals surface area contributed by atoms with E-state index in [0.29, 0.717) is 6.61 Å². The van der Waals surface area contributed by atoms with Gasteiger partial charge in [0, 0.05) is 18.0 Å². The lowest BCUT2D eigenvalue weighted by Gasteiger charge is -2.00. The smallest absolute Gasteiger partial charge is 0.330 e. The number of ether oxygens (including phenoxy) is 1. The zero-order valence-corrected chi connectivity index (χ0v) is 9.77. The highest BCUT2D eigenvalue weighted by molar-refractivity contribution is 5.87. The van der Waals surface area contributed by atoms with Gasteiger partial charge in [0.2, 0.25) is 0 Å². The molecular formula is C13H17NO2. The van der Waals surface area contributed by atoms with Gasteiger partial charge in [0.1, 0.15) is 0 Å². The van der Waals surface area contributed by atoms with Crippen LogP contribution in [0.5, 0.6) is 0 Å². The van der Waals surface area contributed by atoms with Crippen LogP contribution in [-0.4, -0.2) is 17.6 Å². The molecule has 0 aliphatic rings. The molecule has 0 aliphatic carbocycles. The highest BCUT2D eigenvalue weighted by Crippen LogP contribution is 2.05. The van der Waals surface area contributed by atoms with Crippen LogP contribution in [0.2, 0.25) is 0 Å². The molecule has 0 N–H and O–H groups in total. The molecular weight excluding hydrogens is 202 g/mol. The molecule has 16 heavy (non-hydrogen) atoms. The molecule has 3 heteroatoms. The predicted octanol–water partition coefficient (Wildman–Crippen LogP) is 2.75. The van der Waals surface area contributed by atoms with E-state index in [9.17, 15) is 4.79 Å². The van der Waals surface area contributed by atoms with E-state index in [1.807, 2.05) is 19.1 Å². The highest BCUT2D eigenvalue weighted by Gasteiger charge is 1.97. The first-order chi connectivity index (χ1) is 7.74. The van der Waals surface area contributed by atoms with Crippen molar-refractivity contribution in [3.8, 4) is 0 Å². The lowest BCUT2D eigenvalue weighted by molar-refractivity contribution is -0.137. The summed E-state index contributed by atoms with van der Waals surface area (Å²) in [6.07, 6.45) is 6.84. The first-order valence-corrected chi connectivity index (χ1v) is 5.50. The zero-order chi connectivity index (χ0) is 11.8. The number of hydrogen-bond acceptors (Lipinski definition) is 3. The van der Waals surface area contributed by atoms with Gasteiger partial charge in [-0.1, -0.05) is 19.4 Å². The zero-order valence-electron chi connectivity index (χ0n) is 9.77. The molecule has 0 spiro atoms. The lowest BCUT2D eigenvalue weighted by atomic mass is 10.2. The maximum atomic E-state index is 11.3. The predicted molar refractivity (Wildman–Crippen MR) is 63.9 cm³/mol. The van der Waals surface area contributed by atoms with Crippen LogP contribution in [0.1, 0.15) is 31.0 Å². The quantitative estimate of drug-likeness (QED) is 0.434. The van der Waals surface area contributed by atoms with Crippen LogP contribution in [0.25, 0.3) is 6.08 Å². The molecule has 0 atom stereocenters. The maximum Gasteiger partial charge on any atom is 0.330 e. The molecule has 86 valence electrons.